The molecule has 0 aliphatic heterocycles. The molecule has 0 heterocycles. The molecule has 100 valence electrons. The van der Waals surface area contributed by atoms with Gasteiger partial charge >= 0.3 is 0 Å². The van der Waals surface area contributed by atoms with Crippen molar-refractivity contribution in [2.24, 2.45) is 0 Å². The quantitative estimate of drug-likeness (QED) is 0.694. The predicted molar refractivity (Wildman–Crippen MR) is 76.7 cm³/mol. The molecule has 2 aromatic carbocycles. The first-order valence-electron chi connectivity index (χ1n) is 5.98. The van der Waals surface area contributed by atoms with Gasteiger partial charge in [-0.3, -0.25) is 0 Å². The van der Waals surface area contributed by atoms with Gasteiger partial charge in [0.1, 0.15) is 5.82 Å². The van der Waals surface area contributed by atoms with Crippen LogP contribution in [-0.4, -0.2) is 6.61 Å². The van der Waals surface area contributed by atoms with Gasteiger partial charge in [0.2, 0.25) is 0 Å². The molecule has 2 rings (SSSR count). The minimum absolute atomic E-state index is 0.220. The molecule has 0 fully saturated rings. The Hall–Kier alpha value is -1.25. The summed E-state index contributed by atoms with van der Waals surface area (Å²) in [6.07, 6.45) is 1.63. The van der Waals surface area contributed by atoms with E-state index in [1.807, 2.05) is 0 Å². The molecule has 0 unspecified atom stereocenters. The van der Waals surface area contributed by atoms with E-state index in [-0.39, 0.29) is 5.82 Å². The normalized spacial score (nSPS) is 10.5. The first kappa shape index (κ1) is 14.2. The highest BCUT2D eigenvalue weighted by molar-refractivity contribution is 6.37. The van der Waals surface area contributed by atoms with E-state index in [0.717, 1.165) is 18.4 Å². The second kappa shape index (κ2) is 6.78. The molecule has 0 radical (unpaired) electrons. The molecule has 0 amide bonds. The van der Waals surface area contributed by atoms with Gasteiger partial charge in [-0.15, -0.1) is 0 Å². The van der Waals surface area contributed by atoms with E-state index >= 15 is 0 Å². The fourth-order valence-electron chi connectivity index (χ4n) is 1.72. The molecule has 4 heteroatoms. The van der Waals surface area contributed by atoms with Crippen molar-refractivity contribution in [2.75, 3.05) is 6.61 Å². The van der Waals surface area contributed by atoms with E-state index in [2.05, 4.69) is 0 Å². The van der Waals surface area contributed by atoms with E-state index in [4.69, 9.17) is 27.9 Å². The molecular weight excluding hydrogens is 286 g/mol. The van der Waals surface area contributed by atoms with Gasteiger partial charge in [0, 0.05) is 0 Å². The lowest BCUT2D eigenvalue weighted by atomic mass is 10.1. The lowest BCUT2D eigenvalue weighted by molar-refractivity contribution is 0.311. The summed E-state index contributed by atoms with van der Waals surface area (Å²) in [5, 5.41) is 1.02. The number of halogens is 3. The Labute approximate surface area is 121 Å². The van der Waals surface area contributed by atoms with Crippen LogP contribution in [0.2, 0.25) is 10.0 Å². The minimum Gasteiger partial charge on any atom is -0.490 e. The smallest absolute Gasteiger partial charge is 0.156 e. The highest BCUT2D eigenvalue weighted by Gasteiger charge is 2.06. The van der Waals surface area contributed by atoms with Gasteiger partial charge < -0.3 is 4.74 Å². The van der Waals surface area contributed by atoms with E-state index < -0.39 is 0 Å². The molecule has 0 aromatic heterocycles. The molecule has 0 N–H and O–H groups in total. The number of rotatable bonds is 5. The van der Waals surface area contributed by atoms with Crippen molar-refractivity contribution in [1.29, 1.82) is 0 Å². The van der Waals surface area contributed by atoms with Crippen molar-refractivity contribution in [3.8, 4) is 5.75 Å². The summed E-state index contributed by atoms with van der Waals surface area (Å²) in [6, 6.07) is 11.7. The number of aryl methyl sites for hydroxylation is 1. The summed E-state index contributed by atoms with van der Waals surface area (Å²) in [4.78, 5) is 0. The fraction of sp³-hybridized carbons (Fsp3) is 0.200. The average molecular weight is 299 g/mol. The summed E-state index contributed by atoms with van der Waals surface area (Å²) in [5.74, 6) is 0.299. The number of ether oxygens (including phenoxy) is 1. The first-order chi connectivity index (χ1) is 9.16. The van der Waals surface area contributed by atoms with Crippen LogP contribution in [0.25, 0.3) is 0 Å². The van der Waals surface area contributed by atoms with Crippen molar-refractivity contribution in [2.45, 2.75) is 12.8 Å². The molecule has 0 bridgehead atoms. The standard InChI is InChI=1S/C15H13Cl2FO/c16-13-4-1-5-14(17)15(13)19-10-2-3-11-6-8-12(18)9-7-11/h1,4-9H,2-3,10H2. The maximum absolute atomic E-state index is 12.7. The highest BCUT2D eigenvalue weighted by Crippen LogP contribution is 2.32. The van der Waals surface area contributed by atoms with Crippen molar-refractivity contribution in [3.63, 3.8) is 0 Å². The van der Waals surface area contributed by atoms with Crippen LogP contribution in [0.5, 0.6) is 5.75 Å². The third-order valence-corrected chi connectivity index (χ3v) is 3.28. The van der Waals surface area contributed by atoms with Crippen molar-refractivity contribution < 1.29 is 9.13 Å². The Morgan fingerprint density at radius 2 is 1.58 bits per heavy atom. The largest absolute Gasteiger partial charge is 0.490 e. The molecular formula is C15H13Cl2FO. The highest BCUT2D eigenvalue weighted by atomic mass is 35.5. The van der Waals surface area contributed by atoms with E-state index in [1.54, 1.807) is 30.3 Å². The molecule has 1 nitrogen and oxygen atoms in total. The summed E-state index contributed by atoms with van der Waals surface area (Å²) < 4.78 is 18.3. The average Bonchev–Trinajstić information content (AvgIpc) is 2.39. The summed E-state index contributed by atoms with van der Waals surface area (Å²) in [5.41, 5.74) is 1.08. The fourth-order valence-corrected chi connectivity index (χ4v) is 2.23. The van der Waals surface area contributed by atoms with Gasteiger partial charge in [-0.25, -0.2) is 4.39 Å². The van der Waals surface area contributed by atoms with Crippen molar-refractivity contribution in [1.82, 2.24) is 0 Å². The van der Waals surface area contributed by atoms with Gasteiger partial charge in [0.05, 0.1) is 16.7 Å². The van der Waals surface area contributed by atoms with Crippen LogP contribution in [0.3, 0.4) is 0 Å². The third kappa shape index (κ3) is 4.12. The van der Waals surface area contributed by atoms with Gasteiger partial charge in [0.15, 0.2) is 5.75 Å². The molecule has 19 heavy (non-hydrogen) atoms. The molecule has 0 atom stereocenters. The zero-order valence-electron chi connectivity index (χ0n) is 10.2. The third-order valence-electron chi connectivity index (χ3n) is 2.69. The Balaban J connectivity index is 1.82. The maximum Gasteiger partial charge on any atom is 0.156 e. The van der Waals surface area contributed by atoms with Gasteiger partial charge in [-0.1, -0.05) is 41.4 Å². The SMILES string of the molecule is Fc1ccc(CCCOc2c(Cl)cccc2Cl)cc1. The van der Waals surface area contributed by atoms with Gasteiger partial charge in [-0.2, -0.15) is 0 Å². The van der Waals surface area contributed by atoms with Crippen LogP contribution >= 0.6 is 23.2 Å². The molecule has 0 saturated heterocycles. The Morgan fingerprint density at radius 1 is 0.947 bits per heavy atom. The topological polar surface area (TPSA) is 9.23 Å². The number of para-hydroxylation sites is 1. The van der Waals surface area contributed by atoms with Crippen LogP contribution in [0.1, 0.15) is 12.0 Å². The van der Waals surface area contributed by atoms with E-state index in [0.29, 0.717) is 22.4 Å². The van der Waals surface area contributed by atoms with Gasteiger partial charge in [0.25, 0.3) is 0 Å². The van der Waals surface area contributed by atoms with Crippen LogP contribution in [-0.2, 0) is 6.42 Å². The first-order valence-corrected chi connectivity index (χ1v) is 6.73. The number of hydrogen-bond acceptors (Lipinski definition) is 1. The van der Waals surface area contributed by atoms with Crippen molar-refractivity contribution in [3.05, 3.63) is 63.9 Å². The number of hydrogen-bond donors (Lipinski definition) is 0. The Kier molecular flexibility index (Phi) is 5.06. The zero-order chi connectivity index (χ0) is 13.7. The van der Waals surface area contributed by atoms with Gasteiger partial charge in [-0.05, 0) is 42.7 Å². The number of benzene rings is 2. The second-order valence-electron chi connectivity index (χ2n) is 4.13. The molecule has 0 spiro atoms. The van der Waals surface area contributed by atoms with Crippen LogP contribution in [0.15, 0.2) is 42.5 Å². The lowest BCUT2D eigenvalue weighted by Gasteiger charge is -2.09. The predicted octanol–water partition coefficient (Wildman–Crippen LogP) is 5.14. The summed E-state index contributed by atoms with van der Waals surface area (Å²) >= 11 is 12.0. The van der Waals surface area contributed by atoms with E-state index in [9.17, 15) is 4.39 Å². The van der Waals surface area contributed by atoms with Crippen LogP contribution in [0, 0.1) is 5.82 Å². The molecule has 2 aromatic rings. The van der Waals surface area contributed by atoms with Crippen LogP contribution in [0.4, 0.5) is 4.39 Å². The van der Waals surface area contributed by atoms with Crippen LogP contribution < -0.4 is 4.74 Å². The zero-order valence-corrected chi connectivity index (χ0v) is 11.7. The van der Waals surface area contributed by atoms with E-state index in [1.165, 1.54) is 12.1 Å². The summed E-state index contributed by atoms with van der Waals surface area (Å²) in [6.45, 7) is 0.515. The van der Waals surface area contributed by atoms with Crippen molar-refractivity contribution >= 4 is 23.2 Å². The molecule has 0 aliphatic carbocycles. The maximum atomic E-state index is 12.7. The summed E-state index contributed by atoms with van der Waals surface area (Å²) in [7, 11) is 0. The lowest BCUT2D eigenvalue weighted by Crippen LogP contribution is -2.00. The molecule has 0 aliphatic rings. The Bertz CT molecular complexity index is 520. The monoisotopic (exact) mass is 298 g/mol. The Morgan fingerprint density at radius 3 is 2.21 bits per heavy atom. The minimum atomic E-state index is -0.220. The molecule has 0 saturated carbocycles. The second-order valence-corrected chi connectivity index (χ2v) is 4.94.